The summed E-state index contributed by atoms with van der Waals surface area (Å²) < 4.78 is 0. The average Bonchev–Trinajstić information content (AvgIpc) is 4.10. The Bertz CT molecular complexity index is 2560. The quantitative estimate of drug-likeness (QED) is 0.0719. The van der Waals surface area contributed by atoms with E-state index in [0.29, 0.717) is 11.1 Å². The topological polar surface area (TPSA) is 40.6 Å². The number of amides is 2. The van der Waals surface area contributed by atoms with Gasteiger partial charge in [-0.05, 0) is 95.1 Å². The Labute approximate surface area is 367 Å². The number of nitrogens with zero attached hydrogens (tertiary/aromatic N) is 2. The monoisotopic (exact) mass is 858 g/mol. The Morgan fingerprint density at radius 3 is 1.69 bits per heavy atom. The molecule has 0 fully saturated rings. The van der Waals surface area contributed by atoms with Crippen LogP contribution in [0.4, 0.5) is 11.4 Å². The van der Waals surface area contributed by atoms with Gasteiger partial charge >= 0.3 is 0 Å². The van der Waals surface area contributed by atoms with Crippen molar-refractivity contribution in [2.75, 3.05) is 23.9 Å². The van der Waals surface area contributed by atoms with Gasteiger partial charge in [-0.15, -0.1) is 45.3 Å². The highest BCUT2D eigenvalue weighted by Crippen LogP contribution is 2.55. The summed E-state index contributed by atoms with van der Waals surface area (Å²) in [5.41, 5.74) is 5.68. The van der Waals surface area contributed by atoms with Crippen LogP contribution in [0.15, 0.2) is 72.8 Å². The highest BCUT2D eigenvalue weighted by atomic mass is 32.1. The van der Waals surface area contributed by atoms with E-state index in [2.05, 4.69) is 114 Å². The summed E-state index contributed by atoms with van der Waals surface area (Å²) in [6, 6.07) is 27.1. The molecule has 1 atom stereocenters. The van der Waals surface area contributed by atoms with Gasteiger partial charge in [0.25, 0.3) is 11.8 Å². The number of rotatable bonds is 16. The number of fused-ring (bicyclic) bond motifs is 3. The van der Waals surface area contributed by atoms with Crippen LogP contribution in [0.25, 0.3) is 52.6 Å². The number of thiophene rings is 4. The molecule has 0 saturated carbocycles. The van der Waals surface area contributed by atoms with Gasteiger partial charge in [0.05, 0.1) is 32.3 Å². The molecule has 6 aromatic rings. The molecule has 0 radical (unpaired) electrons. The van der Waals surface area contributed by atoms with Crippen LogP contribution in [0.1, 0.15) is 132 Å². The lowest BCUT2D eigenvalue weighted by Crippen LogP contribution is -2.25. The lowest BCUT2D eigenvalue weighted by molar-refractivity contribution is -0.114. The van der Waals surface area contributed by atoms with E-state index in [-0.39, 0.29) is 22.6 Å². The number of likely N-dealkylation sites (N-methyl/N-ethyl adjacent to an activating group) is 2. The van der Waals surface area contributed by atoms with Gasteiger partial charge in [-0.1, -0.05) is 117 Å². The predicted molar refractivity (Wildman–Crippen MR) is 260 cm³/mol. The van der Waals surface area contributed by atoms with E-state index in [1.807, 2.05) is 25.4 Å². The number of anilines is 2. The number of carbonyl (C=O) groups excluding carboxylic acids is 2. The van der Waals surface area contributed by atoms with Crippen molar-refractivity contribution in [2.45, 2.75) is 123 Å². The zero-order valence-electron chi connectivity index (χ0n) is 36.1. The molecule has 2 aliphatic heterocycles. The van der Waals surface area contributed by atoms with Crippen molar-refractivity contribution in [2.24, 2.45) is 0 Å². The number of hydrogen-bond acceptors (Lipinski definition) is 6. The van der Waals surface area contributed by atoms with Gasteiger partial charge < -0.3 is 9.80 Å². The van der Waals surface area contributed by atoms with Gasteiger partial charge in [0, 0.05) is 48.8 Å². The van der Waals surface area contributed by atoms with Crippen molar-refractivity contribution in [3.05, 3.63) is 92.3 Å². The minimum Gasteiger partial charge on any atom is -0.310 e. The highest BCUT2D eigenvalue weighted by Gasteiger charge is 2.44. The van der Waals surface area contributed by atoms with Crippen molar-refractivity contribution < 1.29 is 9.59 Å². The minimum absolute atomic E-state index is 0.0444. The van der Waals surface area contributed by atoms with Gasteiger partial charge in [0.2, 0.25) is 0 Å². The summed E-state index contributed by atoms with van der Waals surface area (Å²) in [5, 5.41) is 2.48. The van der Waals surface area contributed by atoms with Gasteiger partial charge in [-0.25, -0.2) is 0 Å². The molecule has 1 unspecified atom stereocenters. The molecule has 59 heavy (non-hydrogen) atoms. The third-order valence-electron chi connectivity index (χ3n) is 13.0. The van der Waals surface area contributed by atoms with Crippen LogP contribution < -0.4 is 9.80 Å². The molecule has 2 aliphatic rings. The van der Waals surface area contributed by atoms with Gasteiger partial charge in [0.15, 0.2) is 0 Å². The third kappa shape index (κ3) is 7.84. The second-order valence-electron chi connectivity index (χ2n) is 17.7. The number of hydrogen-bond donors (Lipinski definition) is 0. The first kappa shape index (κ1) is 41.9. The molecule has 308 valence electrons. The summed E-state index contributed by atoms with van der Waals surface area (Å²) in [6.45, 7) is 14.0. The Balaban J connectivity index is 1.05. The minimum atomic E-state index is -0.0940. The molecule has 2 amide bonds. The fourth-order valence-corrected chi connectivity index (χ4v) is 13.7. The standard InChI is InChI=1S/C51H58N2O2S4/c1-9-12-14-15-17-27-51(6,11-3)43-31-37-47(59-43)45(49(55)53(37)8)44-46-36(52(7)48(44)54)30-41(58-46)40-23-22-38(56-40)34-20-18-33-29-35(21-19-32(33)28-34)39-24-25-42(57-39)50(4,5)26-16-13-10-2/h18-25,28-31H,9-17,26-27H2,1-8H3/b45-44+. The van der Waals surface area contributed by atoms with Crippen molar-refractivity contribution in [1.82, 2.24) is 0 Å². The summed E-state index contributed by atoms with van der Waals surface area (Å²) in [7, 11) is 3.70. The van der Waals surface area contributed by atoms with Gasteiger partial charge in [-0.3, -0.25) is 9.59 Å². The van der Waals surface area contributed by atoms with Crippen LogP contribution in [0.2, 0.25) is 0 Å². The van der Waals surface area contributed by atoms with E-state index in [0.717, 1.165) is 43.7 Å². The molecule has 8 heteroatoms. The lowest BCUT2D eigenvalue weighted by atomic mass is 9.80. The summed E-state index contributed by atoms with van der Waals surface area (Å²) in [4.78, 5) is 40.9. The molecule has 0 N–H and O–H groups in total. The first-order valence-corrected chi connectivity index (χ1v) is 25.0. The highest BCUT2D eigenvalue weighted by molar-refractivity contribution is 7.25. The first-order valence-electron chi connectivity index (χ1n) is 21.7. The second kappa shape index (κ2) is 16.9. The van der Waals surface area contributed by atoms with Crippen LogP contribution in [0.3, 0.4) is 0 Å². The van der Waals surface area contributed by atoms with E-state index in [1.165, 1.54) is 99.2 Å². The Morgan fingerprint density at radius 2 is 1.05 bits per heavy atom. The number of carbonyl (C=O) groups is 2. The van der Waals surface area contributed by atoms with Crippen LogP contribution in [-0.2, 0) is 20.4 Å². The average molecular weight is 859 g/mol. The molecule has 0 bridgehead atoms. The van der Waals surface area contributed by atoms with E-state index in [9.17, 15) is 9.59 Å². The molecular weight excluding hydrogens is 801 g/mol. The summed E-state index contributed by atoms with van der Waals surface area (Å²) in [5.74, 6) is -0.178. The van der Waals surface area contributed by atoms with Crippen molar-refractivity contribution in [3.8, 4) is 30.6 Å². The lowest BCUT2D eigenvalue weighted by Gasteiger charge is -2.27. The smallest absolute Gasteiger partial charge is 0.260 e. The zero-order chi connectivity index (χ0) is 41.6. The maximum atomic E-state index is 14.0. The normalized spacial score (nSPS) is 16.5. The molecule has 0 aliphatic carbocycles. The number of benzene rings is 2. The SMILES string of the molecule is CCCCCCCC(C)(CC)c1cc2c(s1)/C(=C1\C(=O)N(C)c3cc(-c4ccc(-c5ccc6cc(-c7ccc(C(C)(C)CCCCC)s7)ccc6c5)s4)sc31)C(=O)N2C. The Hall–Kier alpha value is -3.82. The van der Waals surface area contributed by atoms with Crippen molar-refractivity contribution in [3.63, 3.8) is 0 Å². The first-order chi connectivity index (χ1) is 28.4. The summed E-state index contributed by atoms with van der Waals surface area (Å²) in [6.07, 6.45) is 13.5. The van der Waals surface area contributed by atoms with Crippen molar-refractivity contribution in [1.29, 1.82) is 0 Å². The Kier molecular flexibility index (Phi) is 12.0. The molecule has 0 spiro atoms. The molecule has 0 saturated heterocycles. The Morgan fingerprint density at radius 1 is 0.508 bits per heavy atom. The van der Waals surface area contributed by atoms with E-state index < -0.39 is 0 Å². The zero-order valence-corrected chi connectivity index (χ0v) is 39.3. The van der Waals surface area contributed by atoms with Gasteiger partial charge in [-0.2, -0.15) is 0 Å². The molecule has 2 aromatic carbocycles. The molecule has 4 nitrogen and oxygen atoms in total. The fraction of sp³-hybridized carbons (Fsp3) is 0.412. The second-order valence-corrected chi connectivity index (χ2v) is 21.9. The maximum Gasteiger partial charge on any atom is 0.260 e. The fourth-order valence-electron chi connectivity index (χ4n) is 8.80. The molecule has 6 heterocycles. The largest absolute Gasteiger partial charge is 0.310 e. The van der Waals surface area contributed by atoms with Crippen LogP contribution in [-0.4, -0.2) is 25.9 Å². The summed E-state index contributed by atoms with van der Waals surface area (Å²) >= 11 is 7.08. The molecule has 4 aromatic heterocycles. The van der Waals surface area contributed by atoms with E-state index >= 15 is 0 Å². The van der Waals surface area contributed by atoms with Crippen LogP contribution in [0.5, 0.6) is 0 Å². The van der Waals surface area contributed by atoms with E-state index in [1.54, 1.807) is 43.8 Å². The van der Waals surface area contributed by atoms with E-state index in [4.69, 9.17) is 0 Å². The molecular formula is C51H58N2O2S4. The number of unbranched alkanes of at least 4 members (excludes halogenated alkanes) is 6. The van der Waals surface area contributed by atoms with Crippen LogP contribution in [0, 0.1) is 0 Å². The van der Waals surface area contributed by atoms with Crippen molar-refractivity contribution >= 4 is 90.5 Å². The van der Waals surface area contributed by atoms with Gasteiger partial charge in [0.1, 0.15) is 0 Å². The maximum absolute atomic E-state index is 14.0. The molecule has 8 rings (SSSR count). The van der Waals surface area contributed by atoms with Crippen LogP contribution >= 0.6 is 45.3 Å². The third-order valence-corrected chi connectivity index (χ3v) is 18.5. The predicted octanol–water partition coefficient (Wildman–Crippen LogP) is 15.8.